The Bertz CT molecular complexity index is 3950. The van der Waals surface area contributed by atoms with Crippen LogP contribution in [-0.4, -0.2) is 9.13 Å². The molecule has 11 heteroatoms. The summed E-state index contributed by atoms with van der Waals surface area (Å²) in [6, 6.07) is 55.2. The Balaban J connectivity index is 1.29. The quantitative estimate of drug-likeness (QED) is 0.168. The fourth-order valence-corrected chi connectivity index (χ4v) is 9.01. The number of hydrogen-bond acceptors (Lipinski definition) is 6. The van der Waals surface area contributed by atoms with Gasteiger partial charge >= 0.3 is 6.18 Å². The molecule has 0 atom stereocenters. The Morgan fingerprint density at radius 2 is 0.803 bits per heavy atom. The van der Waals surface area contributed by atoms with E-state index in [4.69, 9.17) is 0 Å². The molecular formula is C55H25F3N8. The average Bonchev–Trinajstić information content (AvgIpc) is 3.87. The van der Waals surface area contributed by atoms with Crippen LogP contribution in [0.5, 0.6) is 0 Å². The molecule has 0 aliphatic carbocycles. The number of nitriles is 6. The van der Waals surface area contributed by atoms with Gasteiger partial charge in [-0.1, -0.05) is 54.6 Å². The van der Waals surface area contributed by atoms with Crippen molar-refractivity contribution in [3.63, 3.8) is 0 Å². The van der Waals surface area contributed by atoms with Crippen LogP contribution in [0.1, 0.15) is 38.9 Å². The molecular weight excluding hydrogens is 830 g/mol. The van der Waals surface area contributed by atoms with E-state index >= 15 is 13.2 Å². The summed E-state index contributed by atoms with van der Waals surface area (Å²) in [6.07, 6.45) is -4.89. The van der Waals surface area contributed by atoms with Gasteiger partial charge in [0.2, 0.25) is 0 Å². The highest BCUT2D eigenvalue weighted by Crippen LogP contribution is 2.45. The molecule has 8 aromatic carbocycles. The molecule has 0 spiro atoms. The number of nitrogens with zero attached hydrogens (tertiary/aromatic N) is 8. The van der Waals surface area contributed by atoms with E-state index in [1.54, 1.807) is 36.4 Å². The lowest BCUT2D eigenvalue weighted by Gasteiger charge is -2.21. The van der Waals surface area contributed by atoms with Crippen LogP contribution in [-0.2, 0) is 6.18 Å². The normalized spacial score (nSPS) is 11.2. The third kappa shape index (κ3) is 6.51. The second kappa shape index (κ2) is 15.5. The highest BCUT2D eigenvalue weighted by atomic mass is 19.4. The molecule has 0 aliphatic heterocycles. The number of benzene rings is 8. The van der Waals surface area contributed by atoms with Crippen LogP contribution in [0.4, 0.5) is 13.2 Å². The van der Waals surface area contributed by atoms with Crippen molar-refractivity contribution in [2.45, 2.75) is 6.18 Å². The van der Waals surface area contributed by atoms with Crippen molar-refractivity contribution < 1.29 is 13.2 Å². The predicted octanol–water partition coefficient (Wildman–Crippen LogP) is 13.1. The number of para-hydroxylation sites is 2. The molecule has 0 unspecified atom stereocenters. The lowest BCUT2D eigenvalue weighted by atomic mass is 9.93. The molecule has 0 N–H and O–H groups in total. The first-order chi connectivity index (χ1) is 32.0. The zero-order valence-corrected chi connectivity index (χ0v) is 34.1. The highest BCUT2D eigenvalue weighted by molar-refractivity contribution is 6.12. The predicted molar refractivity (Wildman–Crippen MR) is 245 cm³/mol. The van der Waals surface area contributed by atoms with Crippen molar-refractivity contribution in [3.8, 4) is 81.2 Å². The zero-order chi connectivity index (χ0) is 45.9. The smallest absolute Gasteiger partial charge is 0.309 e. The first kappa shape index (κ1) is 40.2. The number of fused-ring (bicyclic) bond motifs is 6. The number of hydrogen-bond donors (Lipinski definition) is 0. The average molecular weight is 855 g/mol. The van der Waals surface area contributed by atoms with Gasteiger partial charge in [-0.3, -0.25) is 0 Å². The number of rotatable bonds is 5. The fourth-order valence-electron chi connectivity index (χ4n) is 9.01. The first-order valence-electron chi connectivity index (χ1n) is 20.2. The Morgan fingerprint density at radius 1 is 0.348 bits per heavy atom. The SMILES string of the molecule is N#Cc1cc(C#N)cc(-c2ccc3c(c2)c2ccccc2n3-c2cc(-c3ccc(C#N)cc3C(F)(F)F)c(-n3c4ccccc4c4cc(-c5cc(C#N)cc(C#N)c5)ccc43)cc2C#N)c1. The molecule has 10 rings (SSSR count). The van der Waals surface area contributed by atoms with Gasteiger partial charge in [0.05, 0.1) is 103 Å². The third-order valence-corrected chi connectivity index (χ3v) is 11.9. The van der Waals surface area contributed by atoms with E-state index in [2.05, 4.69) is 30.3 Å². The summed E-state index contributed by atoms with van der Waals surface area (Å²) in [6.45, 7) is 0. The second-order valence-electron chi connectivity index (χ2n) is 15.6. The largest absolute Gasteiger partial charge is 0.417 e. The van der Waals surface area contributed by atoms with Crippen LogP contribution in [0, 0.1) is 68.0 Å². The maximum Gasteiger partial charge on any atom is 0.417 e. The summed E-state index contributed by atoms with van der Waals surface area (Å²) < 4.78 is 49.6. The van der Waals surface area contributed by atoms with Crippen LogP contribution in [0.25, 0.3) is 88.4 Å². The van der Waals surface area contributed by atoms with Crippen molar-refractivity contribution >= 4 is 43.6 Å². The van der Waals surface area contributed by atoms with Gasteiger partial charge in [0.15, 0.2) is 0 Å². The van der Waals surface area contributed by atoms with Crippen LogP contribution >= 0.6 is 0 Å². The maximum absolute atomic E-state index is 15.3. The first-order valence-corrected chi connectivity index (χ1v) is 20.2. The third-order valence-electron chi connectivity index (χ3n) is 11.9. The van der Waals surface area contributed by atoms with Gasteiger partial charge in [0.1, 0.15) is 6.07 Å². The molecule has 0 aliphatic rings. The van der Waals surface area contributed by atoms with Crippen molar-refractivity contribution in [3.05, 3.63) is 191 Å². The van der Waals surface area contributed by atoms with E-state index in [1.807, 2.05) is 100 Å². The molecule has 10 aromatic rings. The minimum absolute atomic E-state index is 0.132. The van der Waals surface area contributed by atoms with E-state index < -0.39 is 11.7 Å². The number of alkyl halides is 3. The van der Waals surface area contributed by atoms with Gasteiger partial charge in [0.25, 0.3) is 0 Å². The summed E-state index contributed by atoms with van der Waals surface area (Å²) in [4.78, 5) is 0. The summed E-state index contributed by atoms with van der Waals surface area (Å²) in [5.74, 6) is 0. The molecule has 306 valence electrons. The second-order valence-corrected chi connectivity index (χ2v) is 15.6. The Morgan fingerprint density at radius 3 is 1.26 bits per heavy atom. The van der Waals surface area contributed by atoms with Crippen LogP contribution in [0.2, 0.25) is 0 Å². The summed E-state index contributed by atoms with van der Waals surface area (Å²) >= 11 is 0. The van der Waals surface area contributed by atoms with Gasteiger partial charge in [-0.2, -0.15) is 44.7 Å². The van der Waals surface area contributed by atoms with Gasteiger partial charge < -0.3 is 9.13 Å². The lowest BCUT2D eigenvalue weighted by Crippen LogP contribution is -2.10. The molecule has 8 nitrogen and oxygen atoms in total. The molecule has 0 saturated carbocycles. The summed E-state index contributed by atoms with van der Waals surface area (Å²) in [7, 11) is 0. The summed E-state index contributed by atoms with van der Waals surface area (Å²) in [5, 5.41) is 62.7. The van der Waals surface area contributed by atoms with Crippen LogP contribution in [0.15, 0.2) is 152 Å². The van der Waals surface area contributed by atoms with E-state index in [-0.39, 0.29) is 27.9 Å². The van der Waals surface area contributed by atoms with Gasteiger partial charge in [0, 0.05) is 27.1 Å². The molecule has 0 saturated heterocycles. The minimum Gasteiger partial charge on any atom is -0.309 e. The molecule has 2 aromatic heterocycles. The molecule has 2 heterocycles. The maximum atomic E-state index is 15.3. The van der Waals surface area contributed by atoms with Crippen molar-refractivity contribution in [2.24, 2.45) is 0 Å². The summed E-state index contributed by atoms with van der Waals surface area (Å²) in [5.41, 5.74) is 5.99. The molecule has 0 radical (unpaired) electrons. The molecule has 0 fully saturated rings. The number of halogens is 3. The van der Waals surface area contributed by atoms with Crippen LogP contribution in [0.3, 0.4) is 0 Å². The van der Waals surface area contributed by atoms with E-state index in [0.717, 1.165) is 33.2 Å². The van der Waals surface area contributed by atoms with E-state index in [9.17, 15) is 31.6 Å². The van der Waals surface area contributed by atoms with Gasteiger partial charge in [-0.05, 0) is 125 Å². The Hall–Kier alpha value is -9.91. The highest BCUT2D eigenvalue weighted by Gasteiger charge is 2.35. The van der Waals surface area contributed by atoms with E-state index in [1.165, 1.54) is 24.3 Å². The minimum atomic E-state index is -4.89. The van der Waals surface area contributed by atoms with E-state index in [0.29, 0.717) is 66.7 Å². The van der Waals surface area contributed by atoms with Crippen molar-refractivity contribution in [1.82, 2.24) is 9.13 Å². The lowest BCUT2D eigenvalue weighted by molar-refractivity contribution is -0.137. The van der Waals surface area contributed by atoms with Gasteiger partial charge in [-0.15, -0.1) is 0 Å². The molecule has 0 bridgehead atoms. The Labute approximate surface area is 374 Å². The Kier molecular flexibility index (Phi) is 9.41. The zero-order valence-electron chi connectivity index (χ0n) is 34.1. The fraction of sp³-hybridized carbons (Fsp3) is 0.0182. The topological polar surface area (TPSA) is 153 Å². The van der Waals surface area contributed by atoms with Crippen LogP contribution < -0.4 is 0 Å². The molecule has 0 amide bonds. The number of aromatic nitrogens is 2. The van der Waals surface area contributed by atoms with Gasteiger partial charge in [-0.25, -0.2) is 0 Å². The van der Waals surface area contributed by atoms with Crippen molar-refractivity contribution in [1.29, 1.82) is 31.6 Å². The molecule has 66 heavy (non-hydrogen) atoms. The monoisotopic (exact) mass is 854 g/mol. The standard InChI is InChI=1S/C55H25F3N8/c56-55(57,58)48-21-32(26-59)9-12-42(48)47-25-53(65-49-7-3-1-5-43(49)45-22-37(10-13-51(45)65)39-17-33(27-60)15-34(18-39)28-61)41(31-64)24-54(47)66-50-8-4-2-6-44(50)46-23-38(11-14-52(46)66)40-19-35(29-62)16-36(20-40)30-63/h1-25H. The van der Waals surface area contributed by atoms with Crippen molar-refractivity contribution in [2.75, 3.05) is 0 Å².